The standard InChI is InChI=1S/C3H2N2O2/c6-2-1-4-3(7)5-2/h1H,(H,5,6,7)/i1D. The van der Waals surface area contributed by atoms with E-state index in [1.807, 2.05) is 0 Å². The fraction of sp³-hybridized carbons (Fsp3) is 0. The summed E-state index contributed by atoms with van der Waals surface area (Å²) in [5, 5.41) is 1.80. The van der Waals surface area contributed by atoms with Crippen LogP contribution >= 0.6 is 0 Å². The largest absolute Gasteiger partial charge is 0.348 e. The molecule has 0 saturated heterocycles. The first-order valence-electron chi connectivity index (χ1n) is 2.11. The first kappa shape index (κ1) is 2.90. The van der Waals surface area contributed by atoms with E-state index in [4.69, 9.17) is 1.37 Å². The molecule has 0 unspecified atom stereocenters. The van der Waals surface area contributed by atoms with Crippen LogP contribution in [0.5, 0.6) is 0 Å². The Labute approximate surface area is 40.6 Å². The van der Waals surface area contributed by atoms with Gasteiger partial charge in [-0.1, -0.05) is 0 Å². The van der Waals surface area contributed by atoms with Gasteiger partial charge in [-0.25, -0.2) is 4.79 Å². The second kappa shape index (κ2) is 1.14. The van der Waals surface area contributed by atoms with Gasteiger partial charge in [-0.15, -0.1) is 0 Å². The van der Waals surface area contributed by atoms with E-state index < -0.39 is 18.1 Å². The van der Waals surface area contributed by atoms with E-state index in [0.29, 0.717) is 0 Å². The van der Waals surface area contributed by atoms with Crippen molar-refractivity contribution < 1.29 is 11.0 Å². The van der Waals surface area contributed by atoms with E-state index in [-0.39, 0.29) is 0 Å². The van der Waals surface area contributed by atoms with Crippen LogP contribution in [0.1, 0.15) is 1.37 Å². The highest BCUT2D eigenvalue weighted by atomic mass is 16.2. The summed E-state index contributed by atoms with van der Waals surface area (Å²) in [6.07, 6.45) is -0.519. The number of aliphatic imine (C=N–C) groups is 1. The maximum Gasteiger partial charge on any atom is 0.348 e. The zero-order valence-corrected chi connectivity index (χ0v) is 3.26. The predicted octanol–water partition coefficient (Wildman–Crippen LogP) is -0.693. The Balaban J connectivity index is 2.88. The van der Waals surface area contributed by atoms with Crippen LogP contribution in [0.25, 0.3) is 0 Å². The summed E-state index contributed by atoms with van der Waals surface area (Å²) >= 11 is 0. The Morgan fingerprint density at radius 2 is 2.57 bits per heavy atom. The van der Waals surface area contributed by atoms with Gasteiger partial charge >= 0.3 is 6.03 Å². The molecule has 4 heteroatoms. The van der Waals surface area contributed by atoms with Crippen LogP contribution in [-0.2, 0) is 4.79 Å². The molecule has 0 fully saturated rings. The molecular weight excluding hydrogens is 96.0 g/mol. The molecule has 1 heterocycles. The number of rotatable bonds is 0. The third kappa shape index (κ3) is 0.623. The fourth-order valence-electron chi connectivity index (χ4n) is 0.255. The number of amides is 3. The van der Waals surface area contributed by atoms with Gasteiger partial charge in [-0.2, -0.15) is 4.99 Å². The average Bonchev–Trinajstić information content (AvgIpc) is 1.85. The fourth-order valence-corrected chi connectivity index (χ4v) is 0.255. The number of hydrogen-bond donors (Lipinski definition) is 1. The minimum absolute atomic E-state index is 0.519. The quantitative estimate of drug-likeness (QED) is 0.436. The number of imide groups is 1. The summed E-state index contributed by atoms with van der Waals surface area (Å²) in [5.41, 5.74) is 0. The molecule has 0 saturated carbocycles. The lowest BCUT2D eigenvalue weighted by Gasteiger charge is -1.77. The summed E-state index contributed by atoms with van der Waals surface area (Å²) in [7, 11) is 0. The lowest BCUT2D eigenvalue weighted by atomic mass is 10.7. The highest BCUT2D eigenvalue weighted by Crippen LogP contribution is 1.78. The molecule has 0 aromatic heterocycles. The van der Waals surface area contributed by atoms with Gasteiger partial charge in [0.2, 0.25) is 0 Å². The second-order valence-electron chi connectivity index (χ2n) is 0.983. The van der Waals surface area contributed by atoms with Crippen LogP contribution in [0, 0.1) is 0 Å². The summed E-state index contributed by atoms with van der Waals surface area (Å²) < 4.78 is 6.59. The normalized spacial score (nSPS) is 21.1. The lowest BCUT2D eigenvalue weighted by molar-refractivity contribution is -0.113. The van der Waals surface area contributed by atoms with Crippen molar-refractivity contribution in [3.8, 4) is 0 Å². The third-order valence-corrected chi connectivity index (χ3v) is 0.479. The maximum absolute atomic E-state index is 10.1. The Morgan fingerprint density at radius 1 is 1.86 bits per heavy atom. The monoisotopic (exact) mass is 99.0 g/mol. The Hall–Kier alpha value is -1.19. The topological polar surface area (TPSA) is 58.5 Å². The molecule has 0 aliphatic carbocycles. The average molecular weight is 99.1 g/mol. The molecule has 0 aromatic carbocycles. The number of urea groups is 1. The van der Waals surface area contributed by atoms with Gasteiger partial charge in [-0.05, 0) is 0 Å². The summed E-state index contributed by atoms with van der Waals surface area (Å²) in [6, 6.07) is -0.750. The Bertz CT molecular complexity index is 186. The molecule has 1 rings (SSSR count). The molecule has 3 amide bonds. The Kier molecular flexibility index (Phi) is 0.474. The molecule has 0 aromatic rings. The first-order valence-corrected chi connectivity index (χ1v) is 1.61. The summed E-state index contributed by atoms with van der Waals surface area (Å²) in [4.78, 5) is 23.1. The van der Waals surface area contributed by atoms with Gasteiger partial charge in [0.05, 0.1) is 7.56 Å². The van der Waals surface area contributed by atoms with Crippen molar-refractivity contribution in [2.24, 2.45) is 4.99 Å². The molecule has 7 heavy (non-hydrogen) atoms. The van der Waals surface area contributed by atoms with E-state index in [0.717, 1.165) is 0 Å². The van der Waals surface area contributed by atoms with Crippen LogP contribution in [0.2, 0.25) is 0 Å². The van der Waals surface area contributed by atoms with Gasteiger partial charge in [0.1, 0.15) is 0 Å². The van der Waals surface area contributed by atoms with Crippen LogP contribution in [0.4, 0.5) is 4.79 Å². The van der Waals surface area contributed by atoms with Crippen molar-refractivity contribution in [1.82, 2.24) is 5.32 Å². The Morgan fingerprint density at radius 3 is 2.71 bits per heavy atom. The number of nitrogens with one attached hydrogen (secondary N) is 1. The minimum Gasteiger partial charge on any atom is -0.271 e. The number of carbonyl (C=O) groups is 2. The van der Waals surface area contributed by atoms with Gasteiger partial charge in [0.15, 0.2) is 0 Å². The number of hydrogen-bond acceptors (Lipinski definition) is 2. The molecule has 0 atom stereocenters. The molecule has 4 nitrogen and oxygen atoms in total. The molecule has 36 valence electrons. The van der Waals surface area contributed by atoms with Crippen molar-refractivity contribution >= 4 is 18.1 Å². The molecule has 0 bridgehead atoms. The summed E-state index contributed by atoms with van der Waals surface area (Å²) in [6.45, 7) is 0. The van der Waals surface area contributed by atoms with Gasteiger partial charge in [0.25, 0.3) is 5.91 Å². The smallest absolute Gasteiger partial charge is 0.271 e. The van der Waals surface area contributed by atoms with Crippen molar-refractivity contribution in [3.05, 3.63) is 0 Å². The molecule has 1 N–H and O–H groups in total. The SMILES string of the molecule is [2H]C1=NC(=O)NC1=O. The van der Waals surface area contributed by atoms with Crippen molar-refractivity contribution in [2.75, 3.05) is 0 Å². The highest BCUT2D eigenvalue weighted by Gasteiger charge is 2.08. The number of carbonyl (C=O) groups excluding carboxylic acids is 2. The van der Waals surface area contributed by atoms with E-state index in [2.05, 4.69) is 4.99 Å². The third-order valence-electron chi connectivity index (χ3n) is 0.479. The predicted molar refractivity (Wildman–Crippen MR) is 22.0 cm³/mol. The molecule has 1 aliphatic heterocycles. The zero-order chi connectivity index (χ0) is 6.15. The van der Waals surface area contributed by atoms with Crippen LogP contribution in [0.3, 0.4) is 0 Å². The van der Waals surface area contributed by atoms with E-state index in [9.17, 15) is 9.59 Å². The van der Waals surface area contributed by atoms with E-state index >= 15 is 0 Å². The molecule has 1 aliphatic rings. The van der Waals surface area contributed by atoms with E-state index in [1.165, 1.54) is 0 Å². The minimum atomic E-state index is -0.750. The summed E-state index contributed by atoms with van der Waals surface area (Å²) in [5.74, 6) is -0.727. The maximum atomic E-state index is 10.1. The zero-order valence-electron chi connectivity index (χ0n) is 4.26. The molecular formula is C3H2N2O2. The molecule has 0 spiro atoms. The van der Waals surface area contributed by atoms with Gasteiger partial charge in [-0.3, -0.25) is 10.1 Å². The lowest BCUT2D eigenvalue weighted by Crippen LogP contribution is -2.20. The number of nitrogens with zero attached hydrogens (tertiary/aromatic N) is 1. The van der Waals surface area contributed by atoms with Crippen molar-refractivity contribution in [1.29, 1.82) is 0 Å². The van der Waals surface area contributed by atoms with Crippen LogP contribution in [-0.4, -0.2) is 18.1 Å². The van der Waals surface area contributed by atoms with Gasteiger partial charge < -0.3 is 0 Å². The first-order chi connectivity index (χ1) is 3.70. The van der Waals surface area contributed by atoms with Crippen LogP contribution in [0.15, 0.2) is 4.99 Å². The van der Waals surface area contributed by atoms with Crippen molar-refractivity contribution in [3.63, 3.8) is 0 Å². The van der Waals surface area contributed by atoms with E-state index in [1.54, 1.807) is 5.32 Å². The molecule has 0 radical (unpaired) electrons. The van der Waals surface area contributed by atoms with Crippen molar-refractivity contribution in [2.45, 2.75) is 0 Å². The van der Waals surface area contributed by atoms with Gasteiger partial charge in [0, 0.05) is 0 Å². The highest BCUT2D eigenvalue weighted by molar-refractivity contribution is 6.35. The van der Waals surface area contributed by atoms with Crippen LogP contribution < -0.4 is 5.32 Å². The second-order valence-corrected chi connectivity index (χ2v) is 0.983.